The van der Waals surface area contributed by atoms with Crippen molar-refractivity contribution in [3.63, 3.8) is 0 Å². The Morgan fingerprint density at radius 2 is 1.95 bits per heavy atom. The lowest BCUT2D eigenvalue weighted by atomic mass is 10.1. The van der Waals surface area contributed by atoms with E-state index in [0.717, 1.165) is 17.7 Å². The first-order valence-corrected chi connectivity index (χ1v) is 6.05. The van der Waals surface area contributed by atoms with E-state index in [2.05, 4.69) is 5.32 Å². The van der Waals surface area contributed by atoms with Gasteiger partial charge in [-0.15, -0.1) is 0 Å². The fourth-order valence-corrected chi connectivity index (χ4v) is 1.88. The Morgan fingerprint density at radius 3 is 2.60 bits per heavy atom. The van der Waals surface area contributed by atoms with Gasteiger partial charge in [-0.1, -0.05) is 6.07 Å². The summed E-state index contributed by atoms with van der Waals surface area (Å²) in [5.74, 6) is -1.66. The monoisotopic (exact) mass is 276 g/mol. The molecule has 3 nitrogen and oxygen atoms in total. The molecule has 3 N–H and O–H groups in total. The molecule has 0 aliphatic carbocycles. The lowest BCUT2D eigenvalue weighted by Crippen LogP contribution is -2.24. The summed E-state index contributed by atoms with van der Waals surface area (Å²) in [5.41, 5.74) is 7.62. The molecule has 0 spiro atoms. The fourth-order valence-electron chi connectivity index (χ4n) is 1.88. The minimum Gasteiger partial charge on any atom is -0.399 e. The van der Waals surface area contributed by atoms with Crippen LogP contribution in [0.5, 0.6) is 0 Å². The number of nitrogens with one attached hydrogen (secondary N) is 1. The van der Waals surface area contributed by atoms with Crippen LogP contribution in [-0.2, 0) is 6.54 Å². The molecule has 0 fully saturated rings. The molecule has 0 heterocycles. The summed E-state index contributed by atoms with van der Waals surface area (Å²) in [4.78, 5) is 12.0. The fraction of sp³-hybridized carbons (Fsp3) is 0.133. The average molecular weight is 276 g/mol. The lowest BCUT2D eigenvalue weighted by molar-refractivity contribution is 0.0950. The van der Waals surface area contributed by atoms with Crippen molar-refractivity contribution in [3.05, 3.63) is 64.7 Å². The van der Waals surface area contributed by atoms with Crippen LogP contribution in [-0.4, -0.2) is 5.91 Å². The normalized spacial score (nSPS) is 10.3. The van der Waals surface area contributed by atoms with Crippen LogP contribution < -0.4 is 11.1 Å². The smallest absolute Gasteiger partial charge is 0.251 e. The average Bonchev–Trinajstić information content (AvgIpc) is 2.37. The molecule has 1 amide bonds. The molecule has 0 saturated heterocycles. The number of nitrogen functional groups attached to an aromatic ring is 1. The zero-order valence-corrected chi connectivity index (χ0v) is 10.9. The van der Waals surface area contributed by atoms with Crippen LogP contribution in [0.25, 0.3) is 0 Å². The number of benzene rings is 2. The summed E-state index contributed by atoms with van der Waals surface area (Å²) in [5, 5.41) is 2.59. The molecule has 0 radical (unpaired) electrons. The lowest BCUT2D eigenvalue weighted by Gasteiger charge is -2.09. The van der Waals surface area contributed by atoms with Crippen LogP contribution in [0.2, 0.25) is 0 Å². The van der Waals surface area contributed by atoms with E-state index >= 15 is 0 Å². The van der Waals surface area contributed by atoms with Gasteiger partial charge in [-0.3, -0.25) is 4.79 Å². The molecular formula is C15H14F2N2O. The van der Waals surface area contributed by atoms with Crippen LogP contribution in [0, 0.1) is 18.6 Å². The first kappa shape index (κ1) is 14.0. The predicted molar refractivity (Wildman–Crippen MR) is 73.1 cm³/mol. The Balaban J connectivity index is 2.08. The van der Waals surface area contributed by atoms with Gasteiger partial charge in [-0.2, -0.15) is 0 Å². The molecule has 20 heavy (non-hydrogen) atoms. The molecule has 5 heteroatoms. The molecule has 0 saturated carbocycles. The van der Waals surface area contributed by atoms with Crippen molar-refractivity contribution in [1.82, 2.24) is 5.32 Å². The summed E-state index contributed by atoms with van der Waals surface area (Å²) < 4.78 is 26.2. The molecule has 0 bridgehead atoms. The number of carbonyl (C=O) groups excluding carboxylic acids is 1. The Labute approximate surface area is 115 Å². The van der Waals surface area contributed by atoms with E-state index in [1.807, 2.05) is 0 Å². The molecule has 2 aromatic carbocycles. The number of amides is 1. The third-order valence-electron chi connectivity index (χ3n) is 2.95. The molecule has 0 aromatic heterocycles. The van der Waals surface area contributed by atoms with Crippen LogP contribution in [0.1, 0.15) is 21.5 Å². The molecule has 0 atom stereocenters. The number of hydrogen-bond donors (Lipinski definition) is 2. The van der Waals surface area contributed by atoms with Gasteiger partial charge in [0.05, 0.1) is 0 Å². The van der Waals surface area contributed by atoms with E-state index in [1.54, 1.807) is 25.1 Å². The largest absolute Gasteiger partial charge is 0.399 e. The highest BCUT2D eigenvalue weighted by Gasteiger charge is 2.10. The van der Waals surface area contributed by atoms with E-state index in [-0.39, 0.29) is 18.0 Å². The molecular weight excluding hydrogens is 262 g/mol. The molecule has 2 aromatic rings. The zero-order chi connectivity index (χ0) is 14.7. The zero-order valence-electron chi connectivity index (χ0n) is 10.9. The number of anilines is 1. The maximum absolute atomic E-state index is 13.4. The summed E-state index contributed by atoms with van der Waals surface area (Å²) >= 11 is 0. The SMILES string of the molecule is Cc1cc(N)ccc1C(=O)NCc1ccc(F)cc1F. The van der Waals surface area contributed by atoms with Crippen molar-refractivity contribution < 1.29 is 13.6 Å². The Bertz CT molecular complexity index is 656. The summed E-state index contributed by atoms with van der Waals surface area (Å²) in [6, 6.07) is 8.17. The van der Waals surface area contributed by atoms with E-state index in [0.29, 0.717) is 11.3 Å². The summed E-state index contributed by atoms with van der Waals surface area (Å²) in [7, 11) is 0. The number of carbonyl (C=O) groups is 1. The van der Waals surface area contributed by atoms with Gasteiger partial charge in [0.1, 0.15) is 11.6 Å². The predicted octanol–water partition coefficient (Wildman–Crippen LogP) is 2.79. The van der Waals surface area contributed by atoms with Gasteiger partial charge >= 0.3 is 0 Å². The van der Waals surface area contributed by atoms with Gasteiger partial charge in [0, 0.05) is 29.4 Å². The molecule has 0 aliphatic rings. The van der Waals surface area contributed by atoms with Crippen molar-refractivity contribution >= 4 is 11.6 Å². The van der Waals surface area contributed by atoms with Crippen molar-refractivity contribution in [1.29, 1.82) is 0 Å². The highest BCUT2D eigenvalue weighted by Crippen LogP contribution is 2.13. The van der Waals surface area contributed by atoms with E-state index in [4.69, 9.17) is 5.73 Å². The minimum atomic E-state index is -0.681. The van der Waals surface area contributed by atoms with Crippen molar-refractivity contribution in [2.24, 2.45) is 0 Å². The molecule has 0 unspecified atom stereocenters. The van der Waals surface area contributed by atoms with E-state index in [1.165, 1.54) is 6.07 Å². The van der Waals surface area contributed by atoms with Crippen molar-refractivity contribution in [3.8, 4) is 0 Å². The highest BCUT2D eigenvalue weighted by molar-refractivity contribution is 5.95. The van der Waals surface area contributed by atoms with Crippen molar-refractivity contribution in [2.75, 3.05) is 5.73 Å². The number of rotatable bonds is 3. The quantitative estimate of drug-likeness (QED) is 0.847. The number of aryl methyl sites for hydroxylation is 1. The standard InChI is InChI=1S/C15H14F2N2O/c1-9-6-12(18)4-5-13(9)15(20)19-8-10-2-3-11(16)7-14(10)17/h2-7H,8,18H2,1H3,(H,19,20). The van der Waals surface area contributed by atoms with Gasteiger partial charge in [-0.05, 0) is 36.8 Å². The van der Waals surface area contributed by atoms with Crippen LogP contribution in [0.3, 0.4) is 0 Å². The Morgan fingerprint density at radius 1 is 1.20 bits per heavy atom. The van der Waals surface area contributed by atoms with E-state index < -0.39 is 11.6 Å². The first-order valence-electron chi connectivity index (χ1n) is 6.05. The third-order valence-corrected chi connectivity index (χ3v) is 2.95. The van der Waals surface area contributed by atoms with Crippen LogP contribution in [0.4, 0.5) is 14.5 Å². The van der Waals surface area contributed by atoms with Gasteiger partial charge in [-0.25, -0.2) is 8.78 Å². The number of halogens is 2. The van der Waals surface area contributed by atoms with Crippen molar-refractivity contribution in [2.45, 2.75) is 13.5 Å². The van der Waals surface area contributed by atoms with Gasteiger partial charge in [0.15, 0.2) is 0 Å². The summed E-state index contributed by atoms with van der Waals surface area (Å²) in [6.45, 7) is 1.76. The topological polar surface area (TPSA) is 55.1 Å². The van der Waals surface area contributed by atoms with Crippen LogP contribution >= 0.6 is 0 Å². The maximum Gasteiger partial charge on any atom is 0.251 e. The van der Waals surface area contributed by atoms with Gasteiger partial charge in [0.25, 0.3) is 5.91 Å². The second-order valence-corrected chi connectivity index (χ2v) is 4.49. The van der Waals surface area contributed by atoms with Gasteiger partial charge in [0.2, 0.25) is 0 Å². The number of hydrogen-bond acceptors (Lipinski definition) is 2. The van der Waals surface area contributed by atoms with Crippen LogP contribution in [0.15, 0.2) is 36.4 Å². The number of nitrogens with two attached hydrogens (primary N) is 1. The summed E-state index contributed by atoms with van der Waals surface area (Å²) in [6.07, 6.45) is 0. The van der Waals surface area contributed by atoms with Gasteiger partial charge < -0.3 is 11.1 Å². The maximum atomic E-state index is 13.4. The second kappa shape index (κ2) is 5.69. The Hall–Kier alpha value is -2.43. The first-order chi connectivity index (χ1) is 9.47. The molecule has 0 aliphatic heterocycles. The highest BCUT2D eigenvalue weighted by atomic mass is 19.1. The third kappa shape index (κ3) is 3.12. The molecule has 104 valence electrons. The minimum absolute atomic E-state index is 0.00520. The molecule has 2 rings (SSSR count). The van der Waals surface area contributed by atoms with E-state index in [9.17, 15) is 13.6 Å². The second-order valence-electron chi connectivity index (χ2n) is 4.49. The Kier molecular flexibility index (Phi) is 3.98.